The van der Waals surface area contributed by atoms with Gasteiger partial charge < -0.3 is 30.5 Å². The number of pyridine rings is 2. The molecule has 1 saturated heterocycles. The molecule has 1 unspecified atom stereocenters. The van der Waals surface area contributed by atoms with Crippen LogP contribution in [0.5, 0.6) is 5.75 Å². The van der Waals surface area contributed by atoms with E-state index in [1.54, 1.807) is 17.0 Å². The summed E-state index contributed by atoms with van der Waals surface area (Å²) in [4.78, 5) is 55.6. The van der Waals surface area contributed by atoms with Gasteiger partial charge in [0.1, 0.15) is 16.7 Å². The van der Waals surface area contributed by atoms with Crippen molar-refractivity contribution in [3.05, 3.63) is 76.7 Å². The van der Waals surface area contributed by atoms with E-state index in [9.17, 15) is 18.8 Å². The molecular formula is C30H26ClFN8O4S. The van der Waals surface area contributed by atoms with Crippen molar-refractivity contribution in [1.29, 1.82) is 0 Å². The summed E-state index contributed by atoms with van der Waals surface area (Å²) in [6.45, 7) is 6.53. The molecule has 3 N–H and O–H groups in total. The zero-order valence-electron chi connectivity index (χ0n) is 24.1. The Morgan fingerprint density at radius 3 is 2.82 bits per heavy atom. The number of benzene rings is 1. The maximum atomic E-state index is 14.2. The third-order valence-electron chi connectivity index (χ3n) is 7.40. The first-order chi connectivity index (χ1) is 21.7. The SMILES string of the molecule is C=CC(=O)N1CCN2c3nc(C)c(-c4ccc(OC)c(Nc5ncc(C(=O)Nc6c(F)cccc6Cl)s5)n4)cc3NC(=O)C2C1. The molecule has 1 aromatic carbocycles. The summed E-state index contributed by atoms with van der Waals surface area (Å²) in [6, 6.07) is 8.89. The Bertz CT molecular complexity index is 1850. The Labute approximate surface area is 265 Å². The number of hydrogen-bond acceptors (Lipinski definition) is 10. The minimum atomic E-state index is -0.654. The lowest BCUT2D eigenvalue weighted by Gasteiger charge is -2.44. The number of halogens is 2. The molecule has 1 atom stereocenters. The first-order valence-electron chi connectivity index (χ1n) is 13.7. The highest BCUT2D eigenvalue weighted by atomic mass is 35.5. The van der Waals surface area contributed by atoms with Crippen molar-refractivity contribution < 1.29 is 23.5 Å². The van der Waals surface area contributed by atoms with Crippen LogP contribution in [-0.4, -0.2) is 70.4 Å². The van der Waals surface area contributed by atoms with Crippen LogP contribution in [0.2, 0.25) is 5.02 Å². The van der Waals surface area contributed by atoms with Crippen LogP contribution in [0.25, 0.3) is 11.3 Å². The van der Waals surface area contributed by atoms with Crippen LogP contribution >= 0.6 is 22.9 Å². The number of amides is 3. The first kappa shape index (κ1) is 30.0. The van der Waals surface area contributed by atoms with Crippen LogP contribution in [0.1, 0.15) is 15.4 Å². The van der Waals surface area contributed by atoms with E-state index in [1.165, 1.54) is 37.6 Å². The highest BCUT2D eigenvalue weighted by Gasteiger charge is 2.39. The Morgan fingerprint density at radius 1 is 1.24 bits per heavy atom. The summed E-state index contributed by atoms with van der Waals surface area (Å²) in [5.74, 6) is -0.293. The molecular weight excluding hydrogens is 623 g/mol. The molecule has 0 aliphatic carbocycles. The largest absolute Gasteiger partial charge is 0.493 e. The minimum Gasteiger partial charge on any atom is -0.493 e. The molecule has 4 aromatic rings. The Hall–Kier alpha value is -5.08. The first-order valence-corrected chi connectivity index (χ1v) is 14.9. The number of aromatic nitrogens is 3. The fourth-order valence-corrected chi connectivity index (χ4v) is 6.07. The lowest BCUT2D eigenvalue weighted by molar-refractivity contribution is -0.128. The number of para-hydroxylation sites is 1. The topological polar surface area (TPSA) is 142 Å². The van der Waals surface area contributed by atoms with Crippen LogP contribution in [-0.2, 0) is 9.59 Å². The summed E-state index contributed by atoms with van der Waals surface area (Å²) < 4.78 is 19.7. The molecule has 45 heavy (non-hydrogen) atoms. The minimum absolute atomic E-state index is 0.0749. The average Bonchev–Trinajstić information content (AvgIpc) is 3.51. The monoisotopic (exact) mass is 648 g/mol. The van der Waals surface area contributed by atoms with Gasteiger partial charge in [-0.3, -0.25) is 14.4 Å². The zero-order valence-corrected chi connectivity index (χ0v) is 25.6. The summed E-state index contributed by atoms with van der Waals surface area (Å²) in [5.41, 5.74) is 2.33. The van der Waals surface area contributed by atoms with E-state index in [0.29, 0.717) is 58.2 Å². The summed E-state index contributed by atoms with van der Waals surface area (Å²) in [6.07, 6.45) is 2.60. The van der Waals surface area contributed by atoms with Crippen LogP contribution in [0, 0.1) is 12.7 Å². The third-order valence-corrected chi connectivity index (χ3v) is 8.63. The fraction of sp³-hybridized carbons (Fsp3) is 0.200. The van der Waals surface area contributed by atoms with Crippen molar-refractivity contribution in [2.45, 2.75) is 13.0 Å². The quantitative estimate of drug-likeness (QED) is 0.240. The molecule has 2 aliphatic rings. The van der Waals surface area contributed by atoms with Crippen LogP contribution in [0.4, 0.5) is 32.5 Å². The molecule has 15 heteroatoms. The number of fused-ring (bicyclic) bond motifs is 3. The van der Waals surface area contributed by atoms with Gasteiger partial charge in [-0.05, 0) is 43.3 Å². The van der Waals surface area contributed by atoms with Crippen LogP contribution in [0.15, 0.2) is 55.3 Å². The van der Waals surface area contributed by atoms with Gasteiger partial charge in [0.25, 0.3) is 5.91 Å². The van der Waals surface area contributed by atoms with Gasteiger partial charge in [-0.2, -0.15) is 0 Å². The van der Waals surface area contributed by atoms with E-state index in [1.807, 2.05) is 17.9 Å². The molecule has 3 aromatic heterocycles. The van der Waals surface area contributed by atoms with Gasteiger partial charge in [-0.1, -0.05) is 35.6 Å². The number of nitrogens with zero attached hydrogens (tertiary/aromatic N) is 5. The van der Waals surface area contributed by atoms with Gasteiger partial charge in [-0.15, -0.1) is 0 Å². The summed E-state index contributed by atoms with van der Waals surface area (Å²) >= 11 is 7.07. The van der Waals surface area contributed by atoms with Gasteiger partial charge in [-0.25, -0.2) is 19.3 Å². The van der Waals surface area contributed by atoms with E-state index in [2.05, 4.69) is 27.5 Å². The molecule has 6 rings (SSSR count). The van der Waals surface area contributed by atoms with E-state index < -0.39 is 17.8 Å². The highest BCUT2D eigenvalue weighted by Crippen LogP contribution is 2.38. The number of carbonyl (C=O) groups is 3. The number of carbonyl (C=O) groups excluding carboxylic acids is 3. The van der Waals surface area contributed by atoms with E-state index in [-0.39, 0.29) is 33.9 Å². The van der Waals surface area contributed by atoms with Crippen molar-refractivity contribution in [2.24, 2.45) is 0 Å². The smallest absolute Gasteiger partial charge is 0.267 e. The van der Waals surface area contributed by atoms with Crippen LogP contribution < -0.4 is 25.6 Å². The third kappa shape index (κ3) is 5.77. The van der Waals surface area contributed by atoms with Crippen molar-refractivity contribution in [2.75, 3.05) is 47.6 Å². The second kappa shape index (κ2) is 12.1. The molecule has 0 bridgehead atoms. The number of piperazine rings is 1. The molecule has 3 amide bonds. The predicted octanol–water partition coefficient (Wildman–Crippen LogP) is 4.86. The normalized spacial score (nSPS) is 15.5. The van der Waals surface area contributed by atoms with E-state index in [4.69, 9.17) is 26.3 Å². The molecule has 0 spiro atoms. The number of rotatable bonds is 7. The van der Waals surface area contributed by atoms with Crippen LogP contribution in [0.3, 0.4) is 0 Å². The molecule has 12 nitrogen and oxygen atoms in total. The molecule has 2 aliphatic heterocycles. The van der Waals surface area contributed by atoms with Gasteiger partial charge in [0.15, 0.2) is 22.5 Å². The van der Waals surface area contributed by atoms with Gasteiger partial charge in [0.05, 0.1) is 41.9 Å². The Balaban J connectivity index is 1.24. The lowest BCUT2D eigenvalue weighted by atomic mass is 10.0. The number of aryl methyl sites for hydroxylation is 1. The number of methoxy groups -OCH3 is 1. The molecule has 230 valence electrons. The zero-order chi connectivity index (χ0) is 31.8. The lowest BCUT2D eigenvalue weighted by Crippen LogP contribution is -2.61. The molecule has 5 heterocycles. The second-order valence-electron chi connectivity index (χ2n) is 10.1. The standard InChI is InChI=1S/C30H26ClFN8O4S/c1-4-24(41)39-10-11-40-21(14-39)28(42)36-20-12-16(15(2)34-27(20)40)19-8-9-22(44-3)26(35-19)38-30-33-13-23(45-30)29(43)37-25-17(31)6-5-7-18(25)32/h4-9,12-13,21H,1,10-11,14H2,2-3H3,(H,36,42)(H,37,43)(H,33,35,38). The van der Waals surface area contributed by atoms with Gasteiger partial charge in [0.2, 0.25) is 11.8 Å². The summed E-state index contributed by atoms with van der Waals surface area (Å²) in [5, 5.41) is 8.93. The maximum Gasteiger partial charge on any atom is 0.267 e. The molecule has 0 saturated carbocycles. The summed E-state index contributed by atoms with van der Waals surface area (Å²) in [7, 11) is 1.50. The fourth-order valence-electron chi connectivity index (χ4n) is 5.15. The number of anilines is 5. The number of hydrogen-bond donors (Lipinski definition) is 3. The number of ether oxygens (including phenoxy) is 1. The number of thiazole rings is 1. The highest BCUT2D eigenvalue weighted by molar-refractivity contribution is 7.17. The van der Waals surface area contributed by atoms with Gasteiger partial charge in [0, 0.05) is 24.3 Å². The average molecular weight is 649 g/mol. The van der Waals surface area contributed by atoms with Crippen molar-refractivity contribution in [3.63, 3.8) is 0 Å². The maximum absolute atomic E-state index is 14.2. The van der Waals surface area contributed by atoms with E-state index in [0.717, 1.165) is 11.3 Å². The second-order valence-corrected chi connectivity index (χ2v) is 11.6. The Morgan fingerprint density at radius 2 is 2.07 bits per heavy atom. The molecule has 0 radical (unpaired) electrons. The Kier molecular flexibility index (Phi) is 8.08. The van der Waals surface area contributed by atoms with Crippen molar-refractivity contribution in [3.8, 4) is 17.0 Å². The van der Waals surface area contributed by atoms with Crippen molar-refractivity contribution in [1.82, 2.24) is 19.9 Å². The number of nitrogens with one attached hydrogen (secondary N) is 3. The predicted molar refractivity (Wildman–Crippen MR) is 170 cm³/mol. The van der Waals surface area contributed by atoms with Gasteiger partial charge >= 0.3 is 0 Å². The van der Waals surface area contributed by atoms with Crippen molar-refractivity contribution >= 4 is 68.8 Å². The van der Waals surface area contributed by atoms with E-state index >= 15 is 0 Å². The molecule has 1 fully saturated rings.